The molecule has 2 nitrogen and oxygen atoms in total. The van der Waals surface area contributed by atoms with Crippen LogP contribution in [0.2, 0.25) is 0 Å². The van der Waals surface area contributed by atoms with Crippen LogP contribution < -0.4 is 0 Å². The van der Waals surface area contributed by atoms with Gasteiger partial charge in [-0.05, 0) is 0 Å². The third-order valence-corrected chi connectivity index (χ3v) is 0.606. The van der Waals surface area contributed by atoms with Crippen molar-refractivity contribution in [2.24, 2.45) is 0 Å². The Morgan fingerprint density at radius 2 is 2.14 bits per heavy atom. The van der Waals surface area contributed by atoms with Gasteiger partial charge in [0.1, 0.15) is 6.10 Å². The molecule has 1 rings (SSSR count). The van der Waals surface area contributed by atoms with E-state index in [1.807, 2.05) is 0 Å². The summed E-state index contributed by atoms with van der Waals surface area (Å²) in [7, 11) is 0. The number of epoxide rings is 1. The predicted molar refractivity (Wildman–Crippen MR) is 28.1 cm³/mol. The molecule has 1 aliphatic heterocycles. The Morgan fingerprint density at radius 3 is 2.14 bits per heavy atom. The van der Waals surface area contributed by atoms with E-state index in [1.165, 1.54) is 0 Å². The third-order valence-electron chi connectivity index (χ3n) is 0.606. The van der Waals surface area contributed by atoms with Gasteiger partial charge in [-0.3, -0.25) is 0 Å². The topological polar surface area (TPSA) is 32.8 Å². The van der Waals surface area contributed by atoms with Crippen LogP contribution in [-0.4, -0.2) is 24.4 Å². The summed E-state index contributed by atoms with van der Waals surface area (Å²) in [6.45, 7) is 6.95. The van der Waals surface area contributed by atoms with Crippen molar-refractivity contribution in [3.05, 3.63) is 13.2 Å². The number of rotatable bonds is 1. The molecule has 1 heterocycles. The Hall–Kier alpha value is -0.340. The summed E-state index contributed by atoms with van der Waals surface area (Å²) in [4.78, 5) is 0. The summed E-state index contributed by atoms with van der Waals surface area (Å²) >= 11 is 0. The van der Waals surface area contributed by atoms with Crippen molar-refractivity contribution in [3.8, 4) is 0 Å². The van der Waals surface area contributed by atoms with Crippen molar-refractivity contribution in [1.82, 2.24) is 0 Å². The molecule has 0 aromatic carbocycles. The standard InChI is InChI=1S/C3H6O2.C2H4/c4-1-3-2-5-3;1-2/h3-4H,1-2H2;1-2H2. The van der Waals surface area contributed by atoms with Crippen molar-refractivity contribution >= 4 is 0 Å². The van der Waals surface area contributed by atoms with Crippen LogP contribution in [0.1, 0.15) is 0 Å². The zero-order chi connectivity index (χ0) is 5.70. The molecule has 0 aromatic rings. The fourth-order valence-electron chi connectivity index (χ4n) is 0.173. The number of hydrogen-bond acceptors (Lipinski definition) is 2. The molecule has 7 heavy (non-hydrogen) atoms. The Balaban J connectivity index is 0.000000162. The molecule has 0 aliphatic carbocycles. The normalized spacial score (nSPS) is 25.0. The molecular formula is C5H10O2. The quantitative estimate of drug-likeness (QED) is 0.378. The van der Waals surface area contributed by atoms with Gasteiger partial charge in [0, 0.05) is 0 Å². The minimum atomic E-state index is 0.190. The lowest BCUT2D eigenvalue weighted by molar-refractivity contribution is 0.244. The first kappa shape index (κ1) is 6.66. The van der Waals surface area contributed by atoms with E-state index in [-0.39, 0.29) is 12.7 Å². The van der Waals surface area contributed by atoms with Crippen LogP contribution in [0, 0.1) is 0 Å². The summed E-state index contributed by atoms with van der Waals surface area (Å²) in [5, 5.41) is 8.08. The van der Waals surface area contributed by atoms with Crippen molar-refractivity contribution in [1.29, 1.82) is 0 Å². The first-order valence-electron chi connectivity index (χ1n) is 2.16. The van der Waals surface area contributed by atoms with E-state index in [0.717, 1.165) is 6.61 Å². The summed E-state index contributed by atoms with van der Waals surface area (Å²) < 4.78 is 4.61. The molecule has 1 atom stereocenters. The highest BCUT2D eigenvalue weighted by Crippen LogP contribution is 2.04. The van der Waals surface area contributed by atoms with Crippen LogP contribution in [0.3, 0.4) is 0 Å². The molecule has 0 radical (unpaired) electrons. The summed E-state index contributed by atoms with van der Waals surface area (Å²) in [5.74, 6) is 0. The number of hydrogen-bond donors (Lipinski definition) is 1. The summed E-state index contributed by atoms with van der Waals surface area (Å²) in [6.07, 6.45) is 0.190. The van der Waals surface area contributed by atoms with Gasteiger partial charge in [0.2, 0.25) is 0 Å². The van der Waals surface area contributed by atoms with Gasteiger partial charge in [0.05, 0.1) is 13.2 Å². The zero-order valence-electron chi connectivity index (χ0n) is 4.26. The molecule has 0 spiro atoms. The molecule has 1 unspecified atom stereocenters. The second-order valence-corrected chi connectivity index (χ2v) is 1.14. The smallest absolute Gasteiger partial charge is 0.104 e. The third kappa shape index (κ3) is 3.49. The van der Waals surface area contributed by atoms with Crippen LogP contribution in [0.25, 0.3) is 0 Å². The van der Waals surface area contributed by atoms with Crippen LogP contribution in [0.5, 0.6) is 0 Å². The van der Waals surface area contributed by atoms with Crippen molar-refractivity contribution < 1.29 is 9.84 Å². The highest BCUT2D eigenvalue weighted by Gasteiger charge is 2.19. The van der Waals surface area contributed by atoms with Gasteiger partial charge in [-0.2, -0.15) is 0 Å². The molecule has 1 N–H and O–H groups in total. The fraction of sp³-hybridized carbons (Fsp3) is 0.600. The number of ether oxygens (including phenoxy) is 1. The maximum absolute atomic E-state index is 8.08. The van der Waals surface area contributed by atoms with Crippen LogP contribution in [0.15, 0.2) is 13.2 Å². The van der Waals surface area contributed by atoms with E-state index >= 15 is 0 Å². The molecule has 0 bridgehead atoms. The van der Waals surface area contributed by atoms with E-state index in [1.54, 1.807) is 0 Å². The van der Waals surface area contributed by atoms with Crippen molar-refractivity contribution in [2.75, 3.05) is 13.2 Å². The Bertz CT molecular complexity index is 41.3. The fourth-order valence-corrected chi connectivity index (χ4v) is 0.173. The van der Waals surface area contributed by atoms with Gasteiger partial charge in [0.25, 0.3) is 0 Å². The van der Waals surface area contributed by atoms with Crippen LogP contribution in [-0.2, 0) is 4.74 Å². The molecule has 1 aliphatic rings. The van der Waals surface area contributed by atoms with Gasteiger partial charge in [-0.15, -0.1) is 13.2 Å². The Morgan fingerprint density at radius 1 is 1.71 bits per heavy atom. The lowest BCUT2D eigenvalue weighted by Crippen LogP contribution is -1.88. The van der Waals surface area contributed by atoms with E-state index in [2.05, 4.69) is 17.9 Å². The molecule has 1 fully saturated rings. The summed E-state index contributed by atoms with van der Waals surface area (Å²) in [6, 6.07) is 0. The van der Waals surface area contributed by atoms with Gasteiger partial charge >= 0.3 is 0 Å². The predicted octanol–water partition coefficient (Wildman–Crippen LogP) is 0.180. The van der Waals surface area contributed by atoms with Gasteiger partial charge in [0.15, 0.2) is 0 Å². The van der Waals surface area contributed by atoms with Crippen LogP contribution in [0.4, 0.5) is 0 Å². The second kappa shape index (κ2) is 3.84. The lowest BCUT2D eigenvalue weighted by Gasteiger charge is -1.70. The highest BCUT2D eigenvalue weighted by molar-refractivity contribution is 4.65. The molecule has 0 saturated carbocycles. The maximum atomic E-state index is 8.08. The van der Waals surface area contributed by atoms with Gasteiger partial charge in [-0.25, -0.2) is 0 Å². The van der Waals surface area contributed by atoms with E-state index < -0.39 is 0 Å². The average Bonchev–Trinajstić information content (AvgIpc) is 2.52. The Kier molecular flexibility index (Phi) is 3.65. The van der Waals surface area contributed by atoms with Gasteiger partial charge in [-0.1, -0.05) is 0 Å². The average molecular weight is 102 g/mol. The van der Waals surface area contributed by atoms with E-state index in [9.17, 15) is 0 Å². The first-order valence-corrected chi connectivity index (χ1v) is 2.16. The van der Waals surface area contributed by atoms with Crippen molar-refractivity contribution in [3.63, 3.8) is 0 Å². The monoisotopic (exact) mass is 102 g/mol. The van der Waals surface area contributed by atoms with Crippen molar-refractivity contribution in [2.45, 2.75) is 6.10 Å². The molecule has 0 amide bonds. The highest BCUT2D eigenvalue weighted by atomic mass is 16.6. The second-order valence-electron chi connectivity index (χ2n) is 1.14. The molecular weight excluding hydrogens is 92.1 g/mol. The maximum Gasteiger partial charge on any atom is 0.104 e. The largest absolute Gasteiger partial charge is 0.394 e. The minimum Gasteiger partial charge on any atom is -0.394 e. The SMILES string of the molecule is C=C.OCC1CO1. The summed E-state index contributed by atoms with van der Waals surface area (Å²) in [5.41, 5.74) is 0. The molecule has 1 saturated heterocycles. The molecule has 42 valence electrons. The minimum absolute atomic E-state index is 0.190. The van der Waals surface area contributed by atoms with Gasteiger partial charge < -0.3 is 9.84 Å². The Labute approximate surface area is 43.4 Å². The lowest BCUT2D eigenvalue weighted by atomic mass is 10.5. The molecule has 0 aromatic heterocycles. The number of aliphatic hydroxyl groups is 1. The van der Waals surface area contributed by atoms with E-state index in [0.29, 0.717) is 0 Å². The zero-order valence-corrected chi connectivity index (χ0v) is 4.26. The molecule has 2 heteroatoms. The van der Waals surface area contributed by atoms with Crippen LogP contribution >= 0.6 is 0 Å². The number of aliphatic hydroxyl groups excluding tert-OH is 1. The first-order chi connectivity index (χ1) is 3.43. The van der Waals surface area contributed by atoms with E-state index in [4.69, 9.17) is 5.11 Å².